The van der Waals surface area contributed by atoms with Crippen LogP contribution in [0.3, 0.4) is 0 Å². The molecule has 0 radical (unpaired) electrons. The summed E-state index contributed by atoms with van der Waals surface area (Å²) in [4.78, 5) is 12.2. The zero-order valence-corrected chi connectivity index (χ0v) is 24.0. The lowest BCUT2D eigenvalue weighted by atomic mass is 9.44. The Morgan fingerprint density at radius 1 is 0.973 bits per heavy atom. The van der Waals surface area contributed by atoms with E-state index in [1.165, 1.54) is 32.1 Å². The van der Waals surface area contributed by atoms with E-state index in [9.17, 15) is 21.6 Å². The van der Waals surface area contributed by atoms with Gasteiger partial charge in [0.25, 0.3) is 10.1 Å². The zero-order chi connectivity index (χ0) is 27.2. The maximum absolute atomic E-state index is 12.2. The first-order valence-electron chi connectivity index (χ1n) is 14.0. The second-order valence-corrected chi connectivity index (χ2v) is 15.6. The molecule has 4 rings (SSSR count). The van der Waals surface area contributed by atoms with Crippen LogP contribution in [0.4, 0.5) is 0 Å². The molecule has 3 N–H and O–H groups in total. The molecule has 9 atom stereocenters. The van der Waals surface area contributed by atoms with E-state index in [1.807, 2.05) is 0 Å². The molecule has 9 nitrogen and oxygen atoms in total. The summed E-state index contributed by atoms with van der Waals surface area (Å²) in [5, 5.41) is 2.60. The molecule has 1 amide bonds. The van der Waals surface area contributed by atoms with E-state index < -0.39 is 32.4 Å². The van der Waals surface area contributed by atoms with E-state index in [1.54, 1.807) is 0 Å². The van der Waals surface area contributed by atoms with E-state index in [4.69, 9.17) is 13.3 Å². The second-order valence-electron chi connectivity index (χ2n) is 13.0. The Kier molecular flexibility index (Phi) is 8.43. The topological polar surface area (TPSA) is 147 Å². The third-order valence-corrected chi connectivity index (χ3v) is 12.4. The van der Waals surface area contributed by atoms with E-state index in [0.717, 1.165) is 19.3 Å². The van der Waals surface area contributed by atoms with Gasteiger partial charge in [-0.05, 0) is 111 Å². The molecule has 4 aliphatic rings. The highest BCUT2D eigenvalue weighted by atomic mass is 32.3. The molecule has 0 aromatic carbocycles. The predicted octanol–water partition coefficient (Wildman–Crippen LogP) is 4.25. The summed E-state index contributed by atoms with van der Waals surface area (Å²) in [6, 6.07) is 0. The van der Waals surface area contributed by atoms with Gasteiger partial charge in [-0.2, -0.15) is 16.8 Å². The summed E-state index contributed by atoms with van der Waals surface area (Å²) in [5.74, 6) is 2.75. The maximum atomic E-state index is 12.2. The van der Waals surface area contributed by atoms with Crippen LogP contribution in [0.25, 0.3) is 0 Å². The molecule has 4 aliphatic carbocycles. The summed E-state index contributed by atoms with van der Waals surface area (Å²) < 4.78 is 67.2. The van der Waals surface area contributed by atoms with Crippen molar-refractivity contribution in [2.24, 2.45) is 46.3 Å². The Morgan fingerprint density at radius 2 is 1.65 bits per heavy atom. The third kappa shape index (κ3) is 6.36. The van der Waals surface area contributed by atoms with Crippen molar-refractivity contribution in [3.63, 3.8) is 0 Å². The number of carbonyl (C=O) groups is 1. The molecule has 4 fully saturated rings. The maximum Gasteiger partial charge on any atom is 0.397 e. The van der Waals surface area contributed by atoms with Crippen LogP contribution in [0.2, 0.25) is 0 Å². The van der Waals surface area contributed by atoms with Crippen molar-refractivity contribution in [3.8, 4) is 0 Å². The van der Waals surface area contributed by atoms with Crippen LogP contribution in [0.15, 0.2) is 0 Å². The number of amides is 1. The van der Waals surface area contributed by atoms with Crippen molar-refractivity contribution in [3.05, 3.63) is 0 Å². The standard InChI is InChI=1S/C26H45NO8S2/c1-17(4-9-24(28)27-14-15-36(29,30)31)21-7-8-22-20-6-5-18-16-19(35-37(32,33)34)10-12-25(18,2)23(20)11-13-26(21,22)3/h17-23H,4-16H2,1-3H3,(H,27,28)(H,29,30,31)(H,32,33,34)/t17-,18-,19-,20-,21-,22-,23+,25+,26-/m1/s1. The van der Waals surface area contributed by atoms with Gasteiger partial charge in [0.2, 0.25) is 5.91 Å². The number of hydrogen-bond acceptors (Lipinski definition) is 6. The Labute approximate surface area is 222 Å². The van der Waals surface area contributed by atoms with E-state index in [2.05, 4.69) is 26.1 Å². The van der Waals surface area contributed by atoms with Crippen LogP contribution in [0.5, 0.6) is 0 Å². The number of rotatable bonds is 9. The molecule has 0 aromatic heterocycles. The molecule has 0 bridgehead atoms. The number of carbonyl (C=O) groups excluding carboxylic acids is 1. The fourth-order valence-electron chi connectivity index (χ4n) is 9.42. The monoisotopic (exact) mass is 563 g/mol. The Bertz CT molecular complexity index is 1060. The Balaban J connectivity index is 1.35. The molecule has 0 spiro atoms. The molecule has 0 heterocycles. The first-order valence-corrected chi connectivity index (χ1v) is 17.0. The van der Waals surface area contributed by atoms with Crippen LogP contribution in [-0.4, -0.2) is 50.2 Å². The van der Waals surface area contributed by atoms with Crippen molar-refractivity contribution in [1.82, 2.24) is 5.32 Å². The summed E-state index contributed by atoms with van der Waals surface area (Å²) in [7, 11) is -8.49. The Morgan fingerprint density at radius 3 is 2.32 bits per heavy atom. The van der Waals surface area contributed by atoms with Crippen LogP contribution in [-0.2, 0) is 29.5 Å². The van der Waals surface area contributed by atoms with Crippen molar-refractivity contribution >= 4 is 26.4 Å². The number of hydrogen-bond donors (Lipinski definition) is 3. The van der Waals surface area contributed by atoms with E-state index in [0.29, 0.717) is 54.8 Å². The number of nitrogens with one attached hydrogen (secondary N) is 1. The van der Waals surface area contributed by atoms with Gasteiger partial charge in [0.1, 0.15) is 0 Å². The molecular formula is C26H45NO8S2. The highest BCUT2D eigenvalue weighted by Crippen LogP contribution is 2.68. The molecule has 0 saturated heterocycles. The van der Waals surface area contributed by atoms with E-state index >= 15 is 0 Å². The van der Waals surface area contributed by atoms with Gasteiger partial charge in [-0.3, -0.25) is 13.9 Å². The van der Waals surface area contributed by atoms with Crippen LogP contribution >= 0.6 is 0 Å². The summed E-state index contributed by atoms with van der Waals surface area (Å²) in [6.07, 6.45) is 10.1. The largest absolute Gasteiger partial charge is 0.397 e. The first-order chi connectivity index (χ1) is 17.1. The highest BCUT2D eigenvalue weighted by Gasteiger charge is 2.60. The normalized spacial score (nSPS) is 40.8. The lowest BCUT2D eigenvalue weighted by Gasteiger charge is -2.61. The van der Waals surface area contributed by atoms with Crippen LogP contribution in [0, 0.1) is 46.3 Å². The predicted molar refractivity (Wildman–Crippen MR) is 139 cm³/mol. The lowest BCUT2D eigenvalue weighted by Crippen LogP contribution is -2.54. The van der Waals surface area contributed by atoms with Gasteiger partial charge in [0.15, 0.2) is 0 Å². The van der Waals surface area contributed by atoms with Crippen molar-refractivity contribution in [1.29, 1.82) is 0 Å². The quantitative estimate of drug-likeness (QED) is 0.353. The molecule has 214 valence electrons. The SMILES string of the molecule is C[C@H](CCC(=O)NCCS(=O)(=O)O)[C@H]1CC[C@@H]2[C@H]3CC[C@@H]4C[C@H](OS(=O)(=O)O)CC[C@]4(C)[C@H]3CC[C@@]21C. The van der Waals surface area contributed by atoms with Crippen molar-refractivity contribution < 1.29 is 34.9 Å². The molecule has 37 heavy (non-hydrogen) atoms. The summed E-state index contributed by atoms with van der Waals surface area (Å²) in [6.45, 7) is 7.07. The van der Waals surface area contributed by atoms with E-state index in [-0.39, 0.29) is 23.3 Å². The average Bonchev–Trinajstić information content (AvgIpc) is 3.13. The molecule has 0 aliphatic heterocycles. The van der Waals surface area contributed by atoms with Gasteiger partial charge < -0.3 is 5.32 Å². The molecular weight excluding hydrogens is 518 g/mol. The third-order valence-electron chi connectivity index (χ3n) is 11.1. The Hall–Kier alpha value is -0.750. The fraction of sp³-hybridized carbons (Fsp3) is 0.962. The average molecular weight is 564 g/mol. The molecule has 4 saturated carbocycles. The van der Waals surface area contributed by atoms with Gasteiger partial charge in [-0.15, -0.1) is 0 Å². The lowest BCUT2D eigenvalue weighted by molar-refractivity contribution is -0.127. The van der Waals surface area contributed by atoms with Gasteiger partial charge in [0, 0.05) is 13.0 Å². The zero-order valence-electron chi connectivity index (χ0n) is 22.4. The van der Waals surface area contributed by atoms with Gasteiger partial charge in [0.05, 0.1) is 11.9 Å². The smallest absolute Gasteiger partial charge is 0.355 e. The first kappa shape index (κ1) is 29.2. The van der Waals surface area contributed by atoms with Gasteiger partial charge >= 0.3 is 10.4 Å². The van der Waals surface area contributed by atoms with Gasteiger partial charge in [-0.25, -0.2) is 4.18 Å². The fourth-order valence-corrected chi connectivity index (χ4v) is 10.3. The van der Waals surface area contributed by atoms with Crippen LogP contribution in [0.1, 0.15) is 91.4 Å². The minimum Gasteiger partial charge on any atom is -0.355 e. The van der Waals surface area contributed by atoms with Crippen molar-refractivity contribution in [2.75, 3.05) is 12.3 Å². The molecule has 11 heteroatoms. The minimum absolute atomic E-state index is 0.0687. The van der Waals surface area contributed by atoms with Crippen molar-refractivity contribution in [2.45, 2.75) is 97.5 Å². The van der Waals surface area contributed by atoms with Crippen LogP contribution < -0.4 is 5.32 Å². The highest BCUT2D eigenvalue weighted by molar-refractivity contribution is 7.85. The minimum atomic E-state index is -4.42. The van der Waals surface area contributed by atoms with Gasteiger partial charge in [-0.1, -0.05) is 20.8 Å². The summed E-state index contributed by atoms with van der Waals surface area (Å²) in [5.41, 5.74) is 0.448. The molecule has 0 unspecified atom stereocenters. The second kappa shape index (κ2) is 10.7. The summed E-state index contributed by atoms with van der Waals surface area (Å²) >= 11 is 0. The molecule has 0 aromatic rings. The number of fused-ring (bicyclic) bond motifs is 5.